The molecule has 0 rings (SSSR count). The van der Waals surface area contributed by atoms with Crippen LogP contribution >= 0.6 is 0 Å². The molecule has 0 aromatic heterocycles. The van der Waals surface area contributed by atoms with Crippen molar-refractivity contribution in [2.24, 2.45) is 0 Å². The molecule has 0 aromatic carbocycles. The lowest BCUT2D eigenvalue weighted by molar-refractivity contribution is -0.144. The number of carboxylic acid groups (broad SMARTS) is 4. The van der Waals surface area contributed by atoms with Gasteiger partial charge in [0.15, 0.2) is 0 Å². The SMILES string of the molecule is CN[C@@H](CCCCNC(=O)CC[C@@H](CC(=O)O)NC(=O)CC[C@H](NC(=O)CC[C@H](NC(=O)CC[C@H](NC(C)=O)C(=O)O)C(=O)O)C(=O)O)C(C)=O. The van der Waals surface area contributed by atoms with Gasteiger partial charge < -0.3 is 52.3 Å². The first-order valence-corrected chi connectivity index (χ1v) is 16.4. The Morgan fingerprint density at radius 1 is 0.510 bits per heavy atom. The van der Waals surface area contributed by atoms with Gasteiger partial charge in [-0.3, -0.25) is 33.6 Å². The van der Waals surface area contributed by atoms with Gasteiger partial charge in [-0.2, -0.15) is 0 Å². The van der Waals surface area contributed by atoms with Gasteiger partial charge >= 0.3 is 23.9 Å². The fourth-order valence-corrected chi connectivity index (χ4v) is 4.76. The van der Waals surface area contributed by atoms with E-state index in [2.05, 4.69) is 31.9 Å². The molecule has 20 heteroatoms. The number of nitrogens with one attached hydrogen (secondary N) is 6. The van der Waals surface area contributed by atoms with Crippen LogP contribution in [0.2, 0.25) is 0 Å². The lowest BCUT2D eigenvalue weighted by atomic mass is 10.1. The summed E-state index contributed by atoms with van der Waals surface area (Å²) < 4.78 is 0. The zero-order valence-electron chi connectivity index (χ0n) is 29.0. The second-order valence-electron chi connectivity index (χ2n) is 11.8. The number of aliphatic carboxylic acids is 4. The standard InChI is InChI=1S/C31H50N6O14/c1-17(38)20(32-3)6-4-5-15-33-24(40)11-7-19(16-28(44)45)35-25(41)12-9-22(30(48)49)36-27(43)14-10-23(31(50)51)37-26(42)13-8-21(29(46)47)34-18(2)39/h19-23,32H,4-16H2,1-3H3,(H,33,40)(H,34,39)(H,35,41)(H,36,43)(H,37,42)(H,44,45)(H,46,47)(H,48,49)(H,50,51)/t19-,20-,21-,22-,23-/m0/s1. The normalized spacial score (nSPS) is 13.6. The molecule has 0 unspecified atom stereocenters. The molecule has 0 radical (unpaired) electrons. The number of Topliss-reactive ketones (excluding diaryl/α,β-unsaturated/α-hetero) is 1. The molecular weight excluding hydrogens is 680 g/mol. The van der Waals surface area contributed by atoms with E-state index >= 15 is 0 Å². The third-order valence-corrected chi connectivity index (χ3v) is 7.51. The molecule has 0 aliphatic carbocycles. The Kier molecular flexibility index (Phi) is 22.4. The van der Waals surface area contributed by atoms with Crippen LogP contribution in [0.15, 0.2) is 0 Å². The first-order valence-electron chi connectivity index (χ1n) is 16.4. The van der Waals surface area contributed by atoms with Crippen LogP contribution in [0.1, 0.15) is 90.9 Å². The zero-order chi connectivity index (χ0) is 39.1. The van der Waals surface area contributed by atoms with Crippen molar-refractivity contribution in [3.8, 4) is 0 Å². The van der Waals surface area contributed by atoms with E-state index in [9.17, 15) is 63.3 Å². The molecule has 0 aliphatic rings. The zero-order valence-corrected chi connectivity index (χ0v) is 29.0. The summed E-state index contributed by atoms with van der Waals surface area (Å²) in [5.74, 6) is -9.18. The molecule has 0 bridgehead atoms. The molecule has 288 valence electrons. The van der Waals surface area contributed by atoms with E-state index in [1.807, 2.05) is 0 Å². The Morgan fingerprint density at radius 3 is 1.33 bits per heavy atom. The molecule has 20 nitrogen and oxygen atoms in total. The van der Waals surface area contributed by atoms with Crippen LogP contribution in [0, 0.1) is 0 Å². The van der Waals surface area contributed by atoms with Crippen molar-refractivity contribution in [2.75, 3.05) is 13.6 Å². The number of rotatable bonds is 28. The number of hydrogen-bond donors (Lipinski definition) is 10. The second-order valence-corrected chi connectivity index (χ2v) is 11.8. The average molecular weight is 731 g/mol. The van der Waals surface area contributed by atoms with Crippen LogP contribution in [-0.2, 0) is 47.9 Å². The van der Waals surface area contributed by atoms with Crippen molar-refractivity contribution in [3.63, 3.8) is 0 Å². The van der Waals surface area contributed by atoms with Gasteiger partial charge in [-0.15, -0.1) is 0 Å². The monoisotopic (exact) mass is 730 g/mol. The minimum Gasteiger partial charge on any atom is -0.481 e. The van der Waals surface area contributed by atoms with Crippen LogP contribution in [0.3, 0.4) is 0 Å². The maximum absolute atomic E-state index is 12.5. The Hall–Kier alpha value is -5.14. The molecule has 0 aromatic rings. The molecule has 51 heavy (non-hydrogen) atoms. The highest BCUT2D eigenvalue weighted by Crippen LogP contribution is 2.08. The topological polar surface area (TPSA) is 324 Å². The summed E-state index contributed by atoms with van der Waals surface area (Å²) in [6, 6.07) is -5.76. The van der Waals surface area contributed by atoms with E-state index in [1.165, 1.54) is 6.92 Å². The average Bonchev–Trinajstić information content (AvgIpc) is 3.02. The van der Waals surface area contributed by atoms with E-state index in [4.69, 9.17) is 5.11 Å². The van der Waals surface area contributed by atoms with Crippen molar-refractivity contribution in [1.29, 1.82) is 0 Å². The fourth-order valence-electron chi connectivity index (χ4n) is 4.76. The van der Waals surface area contributed by atoms with Crippen molar-refractivity contribution in [2.45, 2.75) is 121 Å². The lowest BCUT2D eigenvalue weighted by Crippen LogP contribution is -2.45. The Bertz CT molecular complexity index is 1260. The first kappa shape index (κ1) is 45.9. The summed E-state index contributed by atoms with van der Waals surface area (Å²) in [5.41, 5.74) is 0. The minimum absolute atomic E-state index is 0.0112. The van der Waals surface area contributed by atoms with Gasteiger partial charge in [-0.25, -0.2) is 14.4 Å². The molecule has 0 spiro atoms. The predicted molar refractivity (Wildman–Crippen MR) is 176 cm³/mol. The predicted octanol–water partition coefficient (Wildman–Crippen LogP) is -1.74. The number of carbonyl (C=O) groups excluding carboxylic acids is 6. The Labute approximate surface area is 294 Å². The summed E-state index contributed by atoms with van der Waals surface area (Å²) >= 11 is 0. The Balaban J connectivity index is 4.87. The van der Waals surface area contributed by atoms with Gasteiger partial charge in [0.05, 0.1) is 12.5 Å². The number of hydrogen-bond acceptors (Lipinski definition) is 11. The van der Waals surface area contributed by atoms with E-state index < -0.39 is 110 Å². The van der Waals surface area contributed by atoms with E-state index in [1.54, 1.807) is 7.05 Å². The summed E-state index contributed by atoms with van der Waals surface area (Å²) in [6.07, 6.45) is -1.40. The minimum atomic E-state index is -1.58. The molecule has 0 saturated carbocycles. The summed E-state index contributed by atoms with van der Waals surface area (Å²) in [6.45, 7) is 2.91. The number of ketones is 1. The van der Waals surface area contributed by atoms with Gasteiger partial charge in [0.25, 0.3) is 0 Å². The van der Waals surface area contributed by atoms with Crippen molar-refractivity contribution < 1.29 is 68.4 Å². The quantitative estimate of drug-likeness (QED) is 0.0400. The van der Waals surface area contributed by atoms with E-state index in [0.717, 1.165) is 6.92 Å². The fraction of sp³-hybridized carbons (Fsp3) is 0.677. The van der Waals surface area contributed by atoms with Crippen LogP contribution in [-0.4, -0.2) is 123 Å². The van der Waals surface area contributed by atoms with Crippen molar-refractivity contribution in [1.82, 2.24) is 31.9 Å². The number of unbranched alkanes of at least 4 members (excludes halogenated alkanes) is 1. The summed E-state index contributed by atoms with van der Waals surface area (Å²) in [5, 5.41) is 51.8. The second kappa shape index (κ2) is 24.9. The molecule has 0 fully saturated rings. The highest BCUT2D eigenvalue weighted by Gasteiger charge is 2.26. The number of carbonyl (C=O) groups is 10. The van der Waals surface area contributed by atoms with Gasteiger partial charge in [-0.1, -0.05) is 0 Å². The number of amides is 5. The summed E-state index contributed by atoms with van der Waals surface area (Å²) in [7, 11) is 1.68. The molecule has 0 aliphatic heterocycles. The highest BCUT2D eigenvalue weighted by atomic mass is 16.4. The smallest absolute Gasteiger partial charge is 0.326 e. The van der Waals surface area contributed by atoms with E-state index in [0.29, 0.717) is 25.8 Å². The molecular formula is C31H50N6O14. The summed E-state index contributed by atoms with van der Waals surface area (Å²) in [4.78, 5) is 118. The number of carboxylic acids is 4. The maximum atomic E-state index is 12.5. The van der Waals surface area contributed by atoms with Crippen LogP contribution in [0.25, 0.3) is 0 Å². The third kappa shape index (κ3) is 22.2. The van der Waals surface area contributed by atoms with Gasteiger partial charge in [-0.05, 0) is 58.9 Å². The third-order valence-electron chi connectivity index (χ3n) is 7.51. The van der Waals surface area contributed by atoms with E-state index in [-0.39, 0.29) is 37.0 Å². The first-order chi connectivity index (χ1) is 23.9. The molecule has 0 saturated heterocycles. The van der Waals surface area contributed by atoms with Crippen molar-refractivity contribution in [3.05, 3.63) is 0 Å². The van der Waals surface area contributed by atoms with Crippen LogP contribution in [0.5, 0.6) is 0 Å². The Morgan fingerprint density at radius 2 is 0.941 bits per heavy atom. The van der Waals surface area contributed by atoms with Crippen molar-refractivity contribution >= 4 is 59.2 Å². The number of likely N-dealkylation sites (N-methyl/N-ethyl adjacent to an activating group) is 1. The van der Waals surface area contributed by atoms with Gasteiger partial charge in [0.2, 0.25) is 29.5 Å². The van der Waals surface area contributed by atoms with Gasteiger partial charge in [0.1, 0.15) is 23.9 Å². The maximum Gasteiger partial charge on any atom is 0.326 e. The highest BCUT2D eigenvalue weighted by molar-refractivity contribution is 5.87. The van der Waals surface area contributed by atoms with Crippen LogP contribution < -0.4 is 31.9 Å². The van der Waals surface area contributed by atoms with Gasteiger partial charge in [0, 0.05) is 45.2 Å². The molecule has 5 atom stereocenters. The van der Waals surface area contributed by atoms with Crippen LogP contribution in [0.4, 0.5) is 0 Å². The molecule has 10 N–H and O–H groups in total. The lowest BCUT2D eigenvalue weighted by Gasteiger charge is -2.19. The molecule has 5 amide bonds. The molecule has 0 heterocycles. The largest absolute Gasteiger partial charge is 0.481 e.